The van der Waals surface area contributed by atoms with Crippen LogP contribution < -0.4 is 14.4 Å². The van der Waals surface area contributed by atoms with Crippen molar-refractivity contribution in [2.75, 3.05) is 18.0 Å². The second kappa shape index (κ2) is 15.6. The van der Waals surface area contributed by atoms with Crippen LogP contribution in [0.1, 0.15) is 31.4 Å². The number of hydrogen-bond acceptors (Lipinski definition) is 5. The number of amides is 2. The summed E-state index contributed by atoms with van der Waals surface area (Å²) in [6, 6.07) is 29.8. The van der Waals surface area contributed by atoms with Gasteiger partial charge in [-0.25, -0.2) is 8.42 Å². The van der Waals surface area contributed by atoms with Gasteiger partial charge in [0.05, 0.1) is 17.7 Å². The number of hydrogen-bond donors (Lipinski definition) is 1. The topological polar surface area (TPSA) is 96.0 Å². The molecular weight excluding hydrogens is 610 g/mol. The number of sulfonamides is 1. The minimum atomic E-state index is -4.21. The van der Waals surface area contributed by atoms with E-state index in [0.29, 0.717) is 22.8 Å². The van der Waals surface area contributed by atoms with E-state index in [1.807, 2.05) is 50.2 Å². The number of carbonyl (C=O) groups excluding carboxylic acids is 2. The van der Waals surface area contributed by atoms with Gasteiger partial charge < -0.3 is 15.0 Å². The molecule has 2 atom stereocenters. The van der Waals surface area contributed by atoms with Gasteiger partial charge in [-0.15, -0.1) is 0 Å². The molecule has 1 N–H and O–H groups in total. The van der Waals surface area contributed by atoms with Crippen molar-refractivity contribution in [3.8, 4) is 5.75 Å². The smallest absolute Gasteiger partial charge is 0.264 e. The molecule has 45 heavy (non-hydrogen) atoms. The first-order valence-electron chi connectivity index (χ1n) is 14.7. The molecule has 0 unspecified atom stereocenters. The van der Waals surface area contributed by atoms with E-state index < -0.39 is 28.5 Å². The van der Waals surface area contributed by atoms with Crippen LogP contribution in [-0.2, 0) is 32.6 Å². The highest BCUT2D eigenvalue weighted by molar-refractivity contribution is 7.92. The monoisotopic (exact) mass is 647 g/mol. The van der Waals surface area contributed by atoms with Gasteiger partial charge >= 0.3 is 0 Å². The van der Waals surface area contributed by atoms with Crippen LogP contribution in [0.4, 0.5) is 5.69 Å². The molecule has 8 nitrogen and oxygen atoms in total. The van der Waals surface area contributed by atoms with Crippen LogP contribution in [0.2, 0.25) is 5.02 Å². The Labute approximate surface area is 270 Å². The van der Waals surface area contributed by atoms with Gasteiger partial charge in [0, 0.05) is 30.1 Å². The van der Waals surface area contributed by atoms with E-state index in [-0.39, 0.29) is 35.5 Å². The summed E-state index contributed by atoms with van der Waals surface area (Å²) < 4.78 is 34.6. The molecular formula is C35H38ClN3O5S. The lowest BCUT2D eigenvalue weighted by atomic mass is 10.0. The number of nitrogens with zero attached hydrogens (tertiary/aromatic N) is 2. The molecule has 236 valence electrons. The number of methoxy groups -OCH3 is 1. The summed E-state index contributed by atoms with van der Waals surface area (Å²) in [6.07, 6.45) is 0.922. The first-order chi connectivity index (χ1) is 21.6. The Hall–Kier alpha value is -4.34. The third-order valence-electron chi connectivity index (χ3n) is 7.47. The molecule has 0 aliphatic carbocycles. The summed E-state index contributed by atoms with van der Waals surface area (Å²) in [5.74, 6) is -0.459. The van der Waals surface area contributed by atoms with Crippen molar-refractivity contribution in [1.29, 1.82) is 0 Å². The molecule has 2 amide bonds. The van der Waals surface area contributed by atoms with Crippen molar-refractivity contribution in [3.05, 3.63) is 125 Å². The molecule has 4 rings (SSSR count). The summed E-state index contributed by atoms with van der Waals surface area (Å²) in [4.78, 5) is 29.9. The Bertz CT molecular complexity index is 1690. The maximum Gasteiger partial charge on any atom is 0.264 e. The third kappa shape index (κ3) is 8.86. The molecule has 0 spiro atoms. The summed E-state index contributed by atoms with van der Waals surface area (Å²) in [5.41, 5.74) is 1.80. The maximum atomic E-state index is 14.5. The number of halogens is 1. The van der Waals surface area contributed by atoms with Gasteiger partial charge in [-0.3, -0.25) is 13.9 Å². The Morgan fingerprint density at radius 1 is 0.867 bits per heavy atom. The largest absolute Gasteiger partial charge is 0.497 e. The average molecular weight is 648 g/mol. The zero-order chi connectivity index (χ0) is 32.4. The fraction of sp³-hybridized carbons (Fsp3) is 0.257. The third-order valence-corrected chi connectivity index (χ3v) is 9.49. The predicted octanol–water partition coefficient (Wildman–Crippen LogP) is 6.10. The molecule has 0 heterocycles. The SMILES string of the molecule is CC[C@@H](C)NC(=O)[C@@H](Cc1ccccc1)N(Cc1cccc(Cl)c1)C(=O)CN(c1cccc(OC)c1)S(=O)(=O)c1ccccc1. The molecule has 0 aliphatic rings. The van der Waals surface area contributed by atoms with Crippen LogP contribution in [0.5, 0.6) is 5.75 Å². The van der Waals surface area contributed by atoms with E-state index in [1.54, 1.807) is 60.7 Å². The molecule has 0 aromatic heterocycles. The van der Waals surface area contributed by atoms with Crippen LogP contribution in [0.15, 0.2) is 114 Å². The summed E-state index contributed by atoms with van der Waals surface area (Å²) in [5, 5.41) is 3.51. The van der Waals surface area contributed by atoms with Crippen molar-refractivity contribution >= 4 is 39.1 Å². The molecule has 0 radical (unpaired) electrons. The van der Waals surface area contributed by atoms with E-state index in [1.165, 1.54) is 24.1 Å². The van der Waals surface area contributed by atoms with Gasteiger partial charge in [0.25, 0.3) is 10.0 Å². The van der Waals surface area contributed by atoms with Crippen LogP contribution in [0, 0.1) is 0 Å². The summed E-state index contributed by atoms with van der Waals surface area (Å²) in [6.45, 7) is 3.33. The average Bonchev–Trinajstić information content (AvgIpc) is 3.05. The highest BCUT2D eigenvalue weighted by Crippen LogP contribution is 2.28. The van der Waals surface area contributed by atoms with Gasteiger partial charge in [-0.05, 0) is 60.9 Å². The molecule has 0 fully saturated rings. The second-order valence-corrected chi connectivity index (χ2v) is 13.0. The molecule has 10 heteroatoms. The molecule has 4 aromatic carbocycles. The fourth-order valence-corrected chi connectivity index (χ4v) is 6.48. The lowest BCUT2D eigenvalue weighted by molar-refractivity contribution is -0.140. The fourth-order valence-electron chi connectivity index (χ4n) is 4.84. The molecule has 0 saturated carbocycles. The zero-order valence-electron chi connectivity index (χ0n) is 25.6. The highest BCUT2D eigenvalue weighted by atomic mass is 35.5. The number of anilines is 1. The Balaban J connectivity index is 1.81. The van der Waals surface area contributed by atoms with Crippen LogP contribution >= 0.6 is 11.6 Å². The standard InChI is InChI=1S/C35H38ClN3O5S/c1-4-26(2)37-35(41)33(22-27-13-7-5-8-14-27)38(24-28-15-11-16-29(36)21-28)34(40)25-39(30-17-12-18-31(23-30)44-3)45(42,43)32-19-9-6-10-20-32/h5-21,23,26,33H,4,22,24-25H2,1-3H3,(H,37,41)/t26-,33-/m1/s1. The molecule has 0 saturated heterocycles. The van der Waals surface area contributed by atoms with Gasteiger partial charge in [0.2, 0.25) is 11.8 Å². The minimum absolute atomic E-state index is 0.0253. The number of nitrogens with one attached hydrogen (secondary N) is 1. The lowest BCUT2D eigenvalue weighted by Crippen LogP contribution is -2.54. The van der Waals surface area contributed by atoms with Gasteiger partial charge in [-0.2, -0.15) is 0 Å². The number of benzene rings is 4. The minimum Gasteiger partial charge on any atom is -0.497 e. The van der Waals surface area contributed by atoms with Crippen molar-refractivity contribution in [3.63, 3.8) is 0 Å². The second-order valence-electron chi connectivity index (χ2n) is 10.7. The van der Waals surface area contributed by atoms with E-state index >= 15 is 0 Å². The van der Waals surface area contributed by atoms with E-state index in [0.717, 1.165) is 9.87 Å². The molecule has 0 bridgehead atoms. The van der Waals surface area contributed by atoms with Crippen molar-refractivity contribution in [1.82, 2.24) is 10.2 Å². The van der Waals surface area contributed by atoms with Crippen LogP contribution in [0.25, 0.3) is 0 Å². The Kier molecular flexibility index (Phi) is 11.6. The zero-order valence-corrected chi connectivity index (χ0v) is 27.2. The summed E-state index contributed by atoms with van der Waals surface area (Å²) in [7, 11) is -2.72. The molecule has 4 aromatic rings. The number of carbonyl (C=O) groups is 2. The van der Waals surface area contributed by atoms with Gasteiger partial charge in [0.1, 0.15) is 18.3 Å². The van der Waals surface area contributed by atoms with E-state index in [4.69, 9.17) is 16.3 Å². The van der Waals surface area contributed by atoms with E-state index in [2.05, 4.69) is 5.32 Å². The Morgan fingerprint density at radius 3 is 2.16 bits per heavy atom. The quantitative estimate of drug-likeness (QED) is 0.179. The number of ether oxygens (including phenoxy) is 1. The van der Waals surface area contributed by atoms with Gasteiger partial charge in [0.15, 0.2) is 0 Å². The Morgan fingerprint density at radius 2 is 1.51 bits per heavy atom. The van der Waals surface area contributed by atoms with Crippen molar-refractivity contribution in [2.24, 2.45) is 0 Å². The van der Waals surface area contributed by atoms with Gasteiger partial charge in [-0.1, -0.05) is 85.3 Å². The van der Waals surface area contributed by atoms with Crippen LogP contribution in [0.3, 0.4) is 0 Å². The lowest BCUT2D eigenvalue weighted by Gasteiger charge is -2.34. The summed E-state index contributed by atoms with van der Waals surface area (Å²) >= 11 is 6.31. The maximum absolute atomic E-state index is 14.5. The van der Waals surface area contributed by atoms with Crippen molar-refractivity contribution in [2.45, 2.75) is 50.2 Å². The van der Waals surface area contributed by atoms with Crippen molar-refractivity contribution < 1.29 is 22.7 Å². The molecule has 0 aliphatic heterocycles. The first kappa shape index (κ1) is 33.6. The normalized spacial score (nSPS) is 12.5. The number of rotatable bonds is 14. The first-order valence-corrected chi connectivity index (χ1v) is 16.5. The predicted molar refractivity (Wildman–Crippen MR) is 178 cm³/mol. The van der Waals surface area contributed by atoms with Crippen LogP contribution in [-0.4, -0.2) is 50.9 Å². The highest BCUT2D eigenvalue weighted by Gasteiger charge is 2.35. The van der Waals surface area contributed by atoms with E-state index in [9.17, 15) is 18.0 Å².